The summed E-state index contributed by atoms with van der Waals surface area (Å²) in [7, 11) is 0. The first-order valence-corrected chi connectivity index (χ1v) is 49.6. The van der Waals surface area contributed by atoms with E-state index in [9.17, 15) is 166 Å². The minimum atomic E-state index is -3.79. The van der Waals surface area contributed by atoms with Crippen molar-refractivity contribution >= 4 is 47.3 Å². The zero-order chi connectivity index (χ0) is 106. The van der Waals surface area contributed by atoms with E-state index in [-0.39, 0.29) is 6.42 Å². The van der Waals surface area contributed by atoms with Crippen LogP contribution in [0.15, 0.2) is 12.2 Å². The Morgan fingerprint density at radius 2 is 0.769 bits per heavy atom. The molecule has 0 radical (unpaired) electrons. The van der Waals surface area contributed by atoms with Crippen LogP contribution >= 0.6 is 0 Å². The van der Waals surface area contributed by atoms with E-state index in [1.165, 1.54) is 51.0 Å². The van der Waals surface area contributed by atoms with Gasteiger partial charge in [0.1, 0.15) is 146 Å². The monoisotopic (exact) mass is 2070 g/mol. The summed E-state index contributed by atoms with van der Waals surface area (Å²) in [6.45, 7) is -2.12. The van der Waals surface area contributed by atoms with Gasteiger partial charge >= 0.3 is 17.9 Å². The van der Waals surface area contributed by atoms with Gasteiger partial charge in [-0.25, -0.2) is 14.4 Å². The highest BCUT2D eigenvalue weighted by atomic mass is 16.8. The molecule has 0 bridgehead atoms. The summed E-state index contributed by atoms with van der Waals surface area (Å²) < 4.78 is 84.8. The maximum atomic E-state index is 14.6. The number of hydrogen-bond acceptors (Lipinski definition) is 44. The topological polar surface area (TPSA) is 820 Å². The first-order chi connectivity index (χ1) is 67.9. The first-order valence-electron chi connectivity index (χ1n) is 49.6. The Labute approximate surface area is 827 Å². The van der Waals surface area contributed by atoms with Crippen LogP contribution in [0.4, 0.5) is 0 Å². The molecular formula is C92H158N4O47. The minimum absolute atomic E-state index is 0.0477. The Bertz CT molecular complexity index is 3840. The SMILES string of the molecule is CCCCCCCCCCCCCC=C[C@@H](O)[C@H](CO[C@@H]1O[C@H](CO)[C@@H](O[C@@H]2O[C@H](CO)[C@H](O[C@@H]3O[C@H](CO)[C@H](O)[C@H](O[C@@H]4O[C@H](CO)[C@H](O)[C@H](O[C@]5(C(=O)O)C[C@H](O)[C@@H](NC(C)=O)C([C@H](O)[C@H](O)CO)O5)[C@H]4O)[C@H]3CC(C)=O)[C@H](O[C@]3(C(=O)O)C[C@H](O)[C@@H](NC(C)=O)C([C@H](O)[C@@H](CO)O[C@]4(C(=O)O)C[C@H](O)[C@@H](NC(C)=O)C([C@H](O)[C@H](O)CO)O4)O3)[C@H]2O)[C@H](O)[C@H]1O)NC(=O)CCCCCCCCCCCCC. The Balaban J connectivity index is 1.28. The van der Waals surface area contributed by atoms with Gasteiger partial charge in [0.15, 0.2) is 25.2 Å². The molecule has 29 N–H and O–H groups in total. The number of aliphatic hydroxyl groups is 22. The van der Waals surface area contributed by atoms with E-state index >= 15 is 0 Å². The van der Waals surface area contributed by atoms with Crippen LogP contribution < -0.4 is 21.3 Å². The van der Waals surface area contributed by atoms with Gasteiger partial charge in [-0.1, -0.05) is 154 Å². The largest absolute Gasteiger partial charge is 0.477 e. The van der Waals surface area contributed by atoms with Crippen LogP contribution in [-0.4, -0.2) is 465 Å². The normalized spacial score (nSPS) is 36.2. The van der Waals surface area contributed by atoms with E-state index in [0.717, 1.165) is 118 Å². The minimum Gasteiger partial charge on any atom is -0.477 e. The van der Waals surface area contributed by atoms with Gasteiger partial charge in [-0.2, -0.15) is 0 Å². The third kappa shape index (κ3) is 34.1. The second-order valence-electron chi connectivity index (χ2n) is 38.1. The molecule has 7 heterocycles. The van der Waals surface area contributed by atoms with Crippen LogP contribution in [-0.2, 0) is 105 Å². The predicted octanol–water partition coefficient (Wildman–Crippen LogP) is -7.16. The maximum absolute atomic E-state index is 14.6. The number of hydrogen-bond donors (Lipinski definition) is 29. The average Bonchev–Trinajstić information content (AvgIpc) is 0.745. The van der Waals surface area contributed by atoms with Crippen molar-refractivity contribution in [3.63, 3.8) is 0 Å². The molecule has 0 aromatic rings. The lowest BCUT2D eigenvalue weighted by Crippen LogP contribution is -2.72. The summed E-state index contributed by atoms with van der Waals surface area (Å²) >= 11 is 0. The molecule has 0 aromatic carbocycles. The number of carboxylic acids is 3. The number of nitrogens with one attached hydrogen (secondary N) is 4. The molecule has 51 nitrogen and oxygen atoms in total. The van der Waals surface area contributed by atoms with Crippen LogP contribution in [0.1, 0.15) is 221 Å². The van der Waals surface area contributed by atoms with E-state index in [1.54, 1.807) is 6.08 Å². The predicted molar refractivity (Wildman–Crippen MR) is 484 cm³/mol. The van der Waals surface area contributed by atoms with Gasteiger partial charge < -0.3 is 220 Å². The fraction of sp³-hybridized carbons (Fsp3) is 0.891. The quantitative estimate of drug-likeness (QED) is 0.0199. The average molecular weight is 2070 g/mol. The molecule has 7 fully saturated rings. The molecule has 0 spiro atoms. The van der Waals surface area contributed by atoms with E-state index in [4.69, 9.17) is 66.3 Å². The van der Waals surface area contributed by atoms with Gasteiger partial charge in [-0.15, -0.1) is 0 Å². The number of rotatable bonds is 63. The fourth-order valence-corrected chi connectivity index (χ4v) is 19.0. The van der Waals surface area contributed by atoms with Crippen LogP contribution in [0.3, 0.4) is 0 Å². The summed E-state index contributed by atoms with van der Waals surface area (Å²) in [5, 5.41) is 296. The van der Waals surface area contributed by atoms with Gasteiger partial charge in [0, 0.05) is 58.8 Å². The molecular weight excluding hydrogens is 1910 g/mol. The summed E-state index contributed by atoms with van der Waals surface area (Å²) in [4.78, 5) is 107. The lowest BCUT2D eigenvalue weighted by atomic mass is 9.86. The molecule has 7 aliphatic rings. The Morgan fingerprint density at radius 3 is 1.20 bits per heavy atom. The highest BCUT2D eigenvalue weighted by Gasteiger charge is 2.66. The molecule has 51 heteroatoms. The Morgan fingerprint density at radius 1 is 0.399 bits per heavy atom. The number of ether oxygens (including phenoxy) is 14. The van der Waals surface area contributed by atoms with Crippen molar-refractivity contribution in [2.24, 2.45) is 5.92 Å². The zero-order valence-electron chi connectivity index (χ0n) is 81.6. The van der Waals surface area contributed by atoms with Crippen LogP contribution in [0.2, 0.25) is 0 Å². The third-order valence-electron chi connectivity index (χ3n) is 26.9. The summed E-state index contributed by atoms with van der Waals surface area (Å²) in [6.07, 6.45) is -53.5. The molecule has 7 aliphatic heterocycles. The van der Waals surface area contributed by atoms with Crippen molar-refractivity contribution in [1.29, 1.82) is 0 Å². The molecule has 828 valence electrons. The summed E-state index contributed by atoms with van der Waals surface area (Å²) in [6, 6.07) is -7.08. The van der Waals surface area contributed by atoms with Gasteiger partial charge in [0.05, 0.1) is 108 Å². The fourth-order valence-electron chi connectivity index (χ4n) is 19.0. The number of allylic oxidation sites excluding steroid dienone is 1. The van der Waals surface area contributed by atoms with Gasteiger partial charge in [-0.05, 0) is 26.2 Å². The smallest absolute Gasteiger partial charge is 0.364 e. The molecule has 7 rings (SSSR count). The van der Waals surface area contributed by atoms with Crippen molar-refractivity contribution in [2.45, 2.75) is 459 Å². The van der Waals surface area contributed by atoms with Crippen LogP contribution in [0, 0.1) is 5.92 Å². The number of aliphatic carboxylic acids is 3. The summed E-state index contributed by atoms with van der Waals surface area (Å²) in [5.74, 6) is -23.8. The first kappa shape index (κ1) is 124. The lowest BCUT2D eigenvalue weighted by Gasteiger charge is -2.53. The maximum Gasteiger partial charge on any atom is 0.364 e. The highest BCUT2D eigenvalue weighted by molar-refractivity contribution is 5.79. The lowest BCUT2D eigenvalue weighted by molar-refractivity contribution is -0.409. The number of carboxylic acid groups (broad SMARTS) is 3. The van der Waals surface area contributed by atoms with E-state index < -0.39 is 369 Å². The number of carbonyl (C=O) groups is 8. The number of unbranched alkanes of at least 4 members (excludes halogenated alkanes) is 21. The number of amides is 4. The molecule has 0 aliphatic carbocycles. The van der Waals surface area contributed by atoms with Crippen molar-refractivity contribution < 1.29 is 232 Å². The molecule has 3 unspecified atom stereocenters. The van der Waals surface area contributed by atoms with Crippen molar-refractivity contribution in [2.75, 3.05) is 52.9 Å². The standard InChI is InChI=1S/C92H158N4O47/c1-7-9-11-13-15-17-19-20-22-23-25-27-29-31-51(108)50(96-62(114)32-30-28-26-24-21-18-16-14-12-10-8-2)44-130-84-72(121)71(120)76(60(42-102)133-84)136-86-74(123)82(143-92(89(128)129)36-54(111)65(95-48(6)107)80(141-92)70(119)59(41-101)138-90(87(124)125)34-52(109)63(93-46(4)105)78(139-90)66(115)55(112)37-97)77(61(43-103)134-86)137-83-49(33-45(3)104)75(68(117)57(39-99)131-83)135-85-73(122)81(69(118)58(40-100)132-85)142-91(88(126)127)35-53(110)64(94-47(5)106)79(140-91)67(116)56(113)38-98/h29,31,49-61,63-86,97-103,108-113,115-123H,7-28,30,32-44H2,1-6H3,(H,93,105)(H,94,106)(H,95,107)(H,96,114)(H,124,125)(H,126,127)(H,128,129)/t49-,50+,51-,52+,53+,54+,55-,56-,57-,58-,59-,60-,61-,63-,64-,65-,66-,67-,68+,69+,70-,71-,72-,73-,74-,75-,76-,77+,78?,79?,80?,81+,82-,83+,84-,85+,86+,90-,91+,92+/m1/s1. The second kappa shape index (κ2) is 60.3. The van der Waals surface area contributed by atoms with Gasteiger partial charge in [-0.3, -0.25) is 19.2 Å². The number of aliphatic hydroxyl groups excluding tert-OH is 22. The third-order valence-corrected chi connectivity index (χ3v) is 26.9. The highest BCUT2D eigenvalue weighted by Crippen LogP contribution is 2.46. The van der Waals surface area contributed by atoms with E-state index in [2.05, 4.69) is 35.1 Å². The summed E-state index contributed by atoms with van der Waals surface area (Å²) in [5.41, 5.74) is 0. The van der Waals surface area contributed by atoms with E-state index in [0.29, 0.717) is 12.8 Å². The van der Waals surface area contributed by atoms with Crippen molar-refractivity contribution in [3.05, 3.63) is 12.2 Å². The van der Waals surface area contributed by atoms with Crippen molar-refractivity contribution in [1.82, 2.24) is 21.3 Å². The molecule has 7 saturated heterocycles. The van der Waals surface area contributed by atoms with Gasteiger partial charge in [0.2, 0.25) is 23.6 Å². The Hall–Kier alpha value is -5.74. The second-order valence-corrected chi connectivity index (χ2v) is 38.1. The molecule has 4 amide bonds. The molecule has 0 saturated carbocycles. The molecule has 40 atom stereocenters. The zero-order valence-corrected chi connectivity index (χ0v) is 81.6. The van der Waals surface area contributed by atoms with Gasteiger partial charge in [0.25, 0.3) is 17.4 Å². The number of ketones is 1. The van der Waals surface area contributed by atoms with Crippen LogP contribution in [0.25, 0.3) is 0 Å². The van der Waals surface area contributed by atoms with Crippen LogP contribution in [0.5, 0.6) is 0 Å². The van der Waals surface area contributed by atoms with Crippen molar-refractivity contribution in [3.8, 4) is 0 Å². The van der Waals surface area contributed by atoms with E-state index in [1.807, 2.05) is 0 Å². The Kier molecular flexibility index (Phi) is 52.4. The molecule has 143 heavy (non-hydrogen) atoms. The molecule has 0 aromatic heterocycles. The number of Topliss-reactive ketones (excluding diaryl/α,β-unsaturated/α-hetero) is 1. The number of carbonyl (C=O) groups excluding carboxylic acids is 5.